The highest BCUT2D eigenvalue weighted by molar-refractivity contribution is 9.10. The molecule has 0 saturated carbocycles. The molecule has 5 heteroatoms. The summed E-state index contributed by atoms with van der Waals surface area (Å²) in [5.41, 5.74) is 2.16. The third kappa shape index (κ3) is 2.40. The van der Waals surface area contributed by atoms with Crippen molar-refractivity contribution in [3.8, 4) is 0 Å². The van der Waals surface area contributed by atoms with E-state index in [1.807, 2.05) is 18.2 Å². The molecule has 1 fully saturated rings. The van der Waals surface area contributed by atoms with Gasteiger partial charge in [0.2, 0.25) is 0 Å². The average molecular weight is 326 g/mol. The number of nitrogens with one attached hydrogen (secondary N) is 1. The van der Waals surface area contributed by atoms with E-state index in [1.165, 1.54) is 0 Å². The second-order valence-electron chi connectivity index (χ2n) is 5.36. The van der Waals surface area contributed by atoms with Crippen molar-refractivity contribution in [1.29, 1.82) is 0 Å². The van der Waals surface area contributed by atoms with Crippen LogP contribution in [0.4, 0.5) is 5.69 Å². The zero-order valence-corrected chi connectivity index (χ0v) is 12.7. The first-order chi connectivity index (χ1) is 9.18. The summed E-state index contributed by atoms with van der Waals surface area (Å²) in [5.74, 6) is 0. The van der Waals surface area contributed by atoms with E-state index < -0.39 is 6.10 Å². The monoisotopic (exact) mass is 325 g/mol. The predicted octanol–water partition coefficient (Wildman–Crippen LogP) is 1.21. The molecule has 0 radical (unpaired) electrons. The Balaban J connectivity index is 1.91. The topological polar surface area (TPSA) is 38.7 Å². The van der Waals surface area contributed by atoms with Crippen LogP contribution >= 0.6 is 15.9 Å². The first kappa shape index (κ1) is 13.4. The number of halogens is 1. The summed E-state index contributed by atoms with van der Waals surface area (Å²) in [4.78, 5) is 4.65. The number of anilines is 1. The molecule has 1 saturated heterocycles. The Hall–Kier alpha value is -0.620. The van der Waals surface area contributed by atoms with Gasteiger partial charge in [-0.2, -0.15) is 0 Å². The van der Waals surface area contributed by atoms with Crippen molar-refractivity contribution in [3.63, 3.8) is 0 Å². The van der Waals surface area contributed by atoms with E-state index in [0.717, 1.165) is 48.4 Å². The van der Waals surface area contributed by atoms with Crippen LogP contribution in [0.2, 0.25) is 0 Å². The lowest BCUT2D eigenvalue weighted by atomic mass is 9.93. The molecule has 2 aliphatic heterocycles. The molecule has 1 aromatic carbocycles. The smallest absolute Gasteiger partial charge is 0.0982 e. The van der Waals surface area contributed by atoms with E-state index in [2.05, 4.69) is 38.1 Å². The maximum Gasteiger partial charge on any atom is 0.0982 e. The minimum absolute atomic E-state index is 0.189. The Morgan fingerprint density at radius 2 is 2.05 bits per heavy atom. The molecule has 2 N–H and O–H groups in total. The van der Waals surface area contributed by atoms with Gasteiger partial charge in [0.05, 0.1) is 17.8 Å². The van der Waals surface area contributed by atoms with Gasteiger partial charge in [0.15, 0.2) is 0 Å². The summed E-state index contributed by atoms with van der Waals surface area (Å²) in [5, 5.41) is 14.1. The van der Waals surface area contributed by atoms with Gasteiger partial charge >= 0.3 is 0 Å². The molecule has 2 atom stereocenters. The minimum atomic E-state index is -0.401. The zero-order valence-electron chi connectivity index (χ0n) is 11.1. The van der Waals surface area contributed by atoms with E-state index in [0.29, 0.717) is 0 Å². The van der Waals surface area contributed by atoms with Gasteiger partial charge in [-0.1, -0.05) is 12.1 Å². The normalized spacial score (nSPS) is 28.3. The van der Waals surface area contributed by atoms with Crippen molar-refractivity contribution >= 4 is 21.6 Å². The average Bonchev–Trinajstić information content (AvgIpc) is 2.43. The molecule has 0 aliphatic carbocycles. The summed E-state index contributed by atoms with van der Waals surface area (Å²) in [7, 11) is 2.10. The first-order valence-corrected chi connectivity index (χ1v) is 7.60. The van der Waals surface area contributed by atoms with Crippen LogP contribution < -0.4 is 10.2 Å². The van der Waals surface area contributed by atoms with Crippen LogP contribution in [0, 0.1) is 0 Å². The summed E-state index contributed by atoms with van der Waals surface area (Å²) in [6.45, 7) is 4.92. The number of para-hydroxylation sites is 1. The number of aliphatic hydroxyl groups excluding tert-OH is 1. The van der Waals surface area contributed by atoms with Crippen LogP contribution in [-0.4, -0.2) is 55.8 Å². The van der Waals surface area contributed by atoms with Gasteiger partial charge in [0.25, 0.3) is 0 Å². The lowest BCUT2D eigenvalue weighted by Crippen LogP contribution is -2.55. The van der Waals surface area contributed by atoms with Crippen LogP contribution in [0.1, 0.15) is 11.7 Å². The van der Waals surface area contributed by atoms with E-state index in [1.54, 1.807) is 0 Å². The van der Waals surface area contributed by atoms with E-state index in [9.17, 15) is 5.11 Å². The molecule has 19 heavy (non-hydrogen) atoms. The summed E-state index contributed by atoms with van der Waals surface area (Å²) in [6, 6.07) is 6.26. The fourth-order valence-corrected chi connectivity index (χ4v) is 3.87. The van der Waals surface area contributed by atoms with Gasteiger partial charge in [0.1, 0.15) is 0 Å². The van der Waals surface area contributed by atoms with Crippen molar-refractivity contribution in [1.82, 2.24) is 10.2 Å². The number of nitrogens with zero attached hydrogens (tertiary/aromatic N) is 2. The standard InChI is InChI=1S/C14H20BrN3O/c1-17-9-12(18-7-5-16-6-8-18)14(19)10-3-2-4-11(15)13(10)17/h2-4,12,14,16,19H,5-9H2,1H3. The van der Waals surface area contributed by atoms with Crippen molar-refractivity contribution < 1.29 is 5.11 Å². The van der Waals surface area contributed by atoms with Crippen molar-refractivity contribution in [2.75, 3.05) is 44.7 Å². The van der Waals surface area contributed by atoms with Crippen LogP contribution in [0.3, 0.4) is 0 Å². The van der Waals surface area contributed by atoms with Crippen LogP contribution in [-0.2, 0) is 0 Å². The van der Waals surface area contributed by atoms with E-state index >= 15 is 0 Å². The Kier molecular flexibility index (Phi) is 3.80. The molecule has 2 unspecified atom stereocenters. The molecular formula is C14H20BrN3O. The Bertz CT molecular complexity index is 462. The predicted molar refractivity (Wildman–Crippen MR) is 80.6 cm³/mol. The van der Waals surface area contributed by atoms with E-state index in [4.69, 9.17) is 0 Å². The minimum Gasteiger partial charge on any atom is -0.387 e. The van der Waals surface area contributed by atoms with Crippen LogP contribution in [0.5, 0.6) is 0 Å². The van der Waals surface area contributed by atoms with Crippen LogP contribution in [0.25, 0.3) is 0 Å². The number of piperazine rings is 1. The van der Waals surface area contributed by atoms with Gasteiger partial charge in [-0.15, -0.1) is 0 Å². The molecule has 0 bridgehead atoms. The summed E-state index contributed by atoms with van der Waals surface area (Å²) >= 11 is 3.59. The number of benzene rings is 1. The molecule has 0 aromatic heterocycles. The SMILES string of the molecule is CN1CC(N2CCNCC2)C(O)c2cccc(Br)c21. The van der Waals surface area contributed by atoms with E-state index in [-0.39, 0.29) is 6.04 Å². The third-order valence-corrected chi connectivity index (χ3v) is 4.80. The number of aliphatic hydroxyl groups is 1. The van der Waals surface area contributed by atoms with Gasteiger partial charge < -0.3 is 15.3 Å². The van der Waals surface area contributed by atoms with Gasteiger partial charge in [-0.3, -0.25) is 4.90 Å². The van der Waals surface area contributed by atoms with Crippen molar-refractivity contribution in [2.45, 2.75) is 12.1 Å². The maximum absolute atomic E-state index is 10.7. The Morgan fingerprint density at radius 3 is 2.79 bits per heavy atom. The maximum atomic E-state index is 10.7. The molecular weight excluding hydrogens is 306 g/mol. The van der Waals surface area contributed by atoms with Crippen molar-refractivity contribution in [2.24, 2.45) is 0 Å². The molecule has 4 nitrogen and oxygen atoms in total. The van der Waals surface area contributed by atoms with Gasteiger partial charge in [0, 0.05) is 49.8 Å². The fraction of sp³-hybridized carbons (Fsp3) is 0.571. The number of likely N-dealkylation sites (N-methyl/N-ethyl adjacent to an activating group) is 1. The molecule has 1 aromatic rings. The molecule has 0 spiro atoms. The molecule has 0 amide bonds. The largest absolute Gasteiger partial charge is 0.387 e. The fourth-order valence-electron chi connectivity index (χ4n) is 3.18. The van der Waals surface area contributed by atoms with Crippen molar-refractivity contribution in [3.05, 3.63) is 28.2 Å². The number of hydrogen-bond acceptors (Lipinski definition) is 4. The number of fused-ring (bicyclic) bond motifs is 1. The first-order valence-electron chi connectivity index (χ1n) is 6.81. The molecule has 2 aliphatic rings. The second kappa shape index (κ2) is 5.40. The van der Waals surface area contributed by atoms with Gasteiger partial charge in [-0.25, -0.2) is 0 Å². The van der Waals surface area contributed by atoms with Crippen LogP contribution in [0.15, 0.2) is 22.7 Å². The quantitative estimate of drug-likeness (QED) is 0.814. The molecule has 104 valence electrons. The highest BCUT2D eigenvalue weighted by atomic mass is 79.9. The summed E-state index contributed by atoms with van der Waals surface area (Å²) in [6.07, 6.45) is -0.401. The lowest BCUT2D eigenvalue weighted by Gasteiger charge is -2.44. The zero-order chi connectivity index (χ0) is 13.4. The molecule has 2 heterocycles. The number of hydrogen-bond donors (Lipinski definition) is 2. The Morgan fingerprint density at radius 1 is 1.32 bits per heavy atom. The highest BCUT2D eigenvalue weighted by Gasteiger charge is 2.35. The second-order valence-corrected chi connectivity index (χ2v) is 6.21. The highest BCUT2D eigenvalue weighted by Crippen LogP contribution is 2.39. The number of rotatable bonds is 1. The Labute approximate surface area is 122 Å². The lowest BCUT2D eigenvalue weighted by molar-refractivity contribution is 0.0406. The molecule has 3 rings (SSSR count). The van der Waals surface area contributed by atoms with Gasteiger partial charge in [-0.05, 0) is 22.0 Å². The summed E-state index contributed by atoms with van der Waals surface area (Å²) < 4.78 is 1.06. The third-order valence-electron chi connectivity index (χ3n) is 4.16.